The average molecular weight is 1070 g/mol. The molecule has 3 aromatic carbocycles. The van der Waals surface area contributed by atoms with Gasteiger partial charge in [0.05, 0.1) is 73.7 Å². The average Bonchev–Trinajstić information content (AvgIpc) is 4.14. The summed E-state index contributed by atoms with van der Waals surface area (Å²) in [6, 6.07) is 17.5. The summed E-state index contributed by atoms with van der Waals surface area (Å²) in [6.45, 7) is 1.73. The Morgan fingerprint density at radius 1 is 0.846 bits per heavy atom. The number of aromatic nitrogens is 2. The summed E-state index contributed by atoms with van der Waals surface area (Å²) >= 11 is 0. The Hall–Kier alpha value is -8.47. The maximum atomic E-state index is 15.4. The molecule has 5 heterocycles. The van der Waals surface area contributed by atoms with E-state index in [0.717, 1.165) is 27.0 Å². The molecule has 3 aliphatic heterocycles. The summed E-state index contributed by atoms with van der Waals surface area (Å²) in [5.41, 5.74) is 3.89. The van der Waals surface area contributed by atoms with Gasteiger partial charge in [0.1, 0.15) is 25.2 Å². The summed E-state index contributed by atoms with van der Waals surface area (Å²) in [5, 5.41) is 24.8. The summed E-state index contributed by atoms with van der Waals surface area (Å²) in [5.74, 6) is -5.06. The second-order valence-corrected chi connectivity index (χ2v) is 19.3. The number of carbonyl (C=O) groups excluding carboxylic acids is 8. The van der Waals surface area contributed by atoms with Crippen molar-refractivity contribution in [1.29, 1.82) is 0 Å². The van der Waals surface area contributed by atoms with Crippen LogP contribution in [0.25, 0.3) is 22.3 Å². The number of aryl methyl sites for hydroxylation is 2. The van der Waals surface area contributed by atoms with Crippen LogP contribution in [0, 0.1) is 12.7 Å². The largest absolute Gasteiger partial charge is 0.458 e. The van der Waals surface area contributed by atoms with E-state index in [2.05, 4.69) is 26.6 Å². The molecule has 5 aromatic rings. The highest BCUT2D eigenvalue weighted by atomic mass is 19.1. The first-order chi connectivity index (χ1) is 37.5. The number of ether oxygens (including phenoxy) is 3. The number of hydrogen-bond acceptors (Lipinski definition) is 14. The first kappa shape index (κ1) is 54.3. The number of rotatable bonds is 22. The molecule has 0 fully saturated rings. The van der Waals surface area contributed by atoms with Gasteiger partial charge in [-0.3, -0.25) is 38.4 Å². The molecule has 7 amide bonds. The minimum Gasteiger partial charge on any atom is -0.458 e. The lowest BCUT2D eigenvalue weighted by Gasteiger charge is -2.31. The van der Waals surface area contributed by atoms with E-state index in [1.807, 2.05) is 0 Å². The molecular weight excluding hydrogens is 1010 g/mol. The second kappa shape index (κ2) is 23.4. The van der Waals surface area contributed by atoms with E-state index >= 15 is 4.39 Å². The number of cyclic esters (lactones) is 1. The zero-order chi connectivity index (χ0) is 55.3. The van der Waals surface area contributed by atoms with Gasteiger partial charge in [-0.2, -0.15) is 0 Å². The van der Waals surface area contributed by atoms with Crippen molar-refractivity contribution in [3.05, 3.63) is 140 Å². The summed E-state index contributed by atoms with van der Waals surface area (Å²) < 4.78 is 34.2. The van der Waals surface area contributed by atoms with Crippen LogP contribution >= 0.6 is 0 Å². The quantitative estimate of drug-likeness (QED) is 0.0246. The van der Waals surface area contributed by atoms with E-state index in [0.29, 0.717) is 65.0 Å². The fraction of sp³-hybridized carbons (Fsp3) is 0.357. The molecule has 0 unspecified atom stereocenters. The van der Waals surface area contributed by atoms with Gasteiger partial charge in [-0.25, -0.2) is 19.1 Å². The monoisotopic (exact) mass is 1070 g/mol. The van der Waals surface area contributed by atoms with Crippen molar-refractivity contribution in [3.8, 4) is 11.4 Å². The predicted molar refractivity (Wildman–Crippen MR) is 277 cm³/mol. The van der Waals surface area contributed by atoms with Gasteiger partial charge >= 0.3 is 5.97 Å². The Bertz CT molecular complexity index is 3330. The molecule has 78 heavy (non-hydrogen) atoms. The molecule has 9 rings (SSSR count). The topological polar surface area (TPSA) is 283 Å². The van der Waals surface area contributed by atoms with Crippen molar-refractivity contribution in [1.82, 2.24) is 36.1 Å². The van der Waals surface area contributed by atoms with Crippen LogP contribution in [0.1, 0.15) is 83.2 Å². The molecular formula is C56H57FN8O13. The molecule has 3 atom stereocenters. The lowest BCUT2D eigenvalue weighted by molar-refractivity contribution is -0.172. The molecule has 0 spiro atoms. The van der Waals surface area contributed by atoms with Crippen LogP contribution in [-0.4, -0.2) is 108 Å². The highest BCUT2D eigenvalue weighted by molar-refractivity contribution is 6.28. The number of pyridine rings is 2. The van der Waals surface area contributed by atoms with Gasteiger partial charge in [0, 0.05) is 47.6 Å². The summed E-state index contributed by atoms with van der Waals surface area (Å²) in [4.78, 5) is 121. The zero-order valence-electron chi connectivity index (χ0n) is 42.8. The number of esters is 1. The van der Waals surface area contributed by atoms with E-state index < -0.39 is 90.2 Å². The normalized spacial score (nSPS) is 17.2. The highest BCUT2D eigenvalue weighted by Crippen LogP contribution is 2.47. The van der Waals surface area contributed by atoms with Gasteiger partial charge in [-0.15, -0.1) is 0 Å². The second-order valence-electron chi connectivity index (χ2n) is 19.3. The number of carbonyl (C=O) groups is 8. The van der Waals surface area contributed by atoms with Crippen molar-refractivity contribution in [2.24, 2.45) is 0 Å². The van der Waals surface area contributed by atoms with Gasteiger partial charge in [0.25, 0.3) is 17.4 Å². The Morgan fingerprint density at radius 3 is 2.29 bits per heavy atom. The number of nitrogens with one attached hydrogen (secondary N) is 5. The van der Waals surface area contributed by atoms with Crippen molar-refractivity contribution in [3.63, 3.8) is 0 Å². The van der Waals surface area contributed by atoms with Crippen molar-refractivity contribution >= 4 is 63.9 Å². The predicted octanol–water partition coefficient (Wildman–Crippen LogP) is 2.15. The number of aliphatic hydroxyl groups is 1. The first-order valence-electron chi connectivity index (χ1n) is 25.6. The van der Waals surface area contributed by atoms with Crippen LogP contribution < -0.4 is 37.0 Å². The van der Waals surface area contributed by atoms with Gasteiger partial charge in [-0.05, 0) is 85.0 Å². The fourth-order valence-corrected chi connectivity index (χ4v) is 10.2. The number of fused-ring (bicyclic) bond motifs is 5. The third kappa shape index (κ3) is 11.5. The molecule has 406 valence electrons. The molecule has 4 aliphatic rings. The van der Waals surface area contributed by atoms with Gasteiger partial charge in [0.15, 0.2) is 5.60 Å². The van der Waals surface area contributed by atoms with Crippen molar-refractivity contribution in [2.75, 3.05) is 44.5 Å². The third-order valence-electron chi connectivity index (χ3n) is 14.4. The lowest BCUT2D eigenvalue weighted by Crippen LogP contribution is -2.52. The Morgan fingerprint density at radius 2 is 1.55 bits per heavy atom. The standard InChI is InChI=1S/C56H57FN8O13/c1-3-56(75)38-23-42-52-36(28-64(42)54(73)37(38)29-78-55(56)74)51-43(17-16-35-31(2)39(57)24-40(63-52)50(35)51)77-21-20-76-30-61-46(68)26-60-53(72)41(22-33-8-5-4-6-9-33)62-47(69)27-59-45(67)25-58-44(66)11-7-10-32-12-14-34(15-13-32)65-48(70)18-19-49(65)71/h4-6,8-9,12-15,18-19,23-24,41,43,75H,3,7,10-11,16-17,20-22,25-30H2,1-2H3,(H,58,66)(H,59,67)(H,60,72)(H,61,68)(H,62,69)/t41-,43+,56-/m0/s1. The van der Waals surface area contributed by atoms with Crippen LogP contribution in [-0.2, 0) is 90.6 Å². The molecule has 6 N–H and O–H groups in total. The van der Waals surface area contributed by atoms with E-state index in [-0.39, 0.29) is 69.4 Å². The first-order valence-corrected chi connectivity index (χ1v) is 25.6. The number of benzene rings is 3. The van der Waals surface area contributed by atoms with Gasteiger partial charge in [0.2, 0.25) is 29.5 Å². The Balaban J connectivity index is 0.720. The van der Waals surface area contributed by atoms with E-state index in [9.17, 15) is 48.3 Å². The molecule has 21 nitrogen and oxygen atoms in total. The van der Waals surface area contributed by atoms with Crippen LogP contribution in [0.5, 0.6) is 0 Å². The maximum Gasteiger partial charge on any atom is 0.343 e. The smallest absolute Gasteiger partial charge is 0.343 e. The summed E-state index contributed by atoms with van der Waals surface area (Å²) in [6.07, 6.45) is 4.02. The Labute approximate surface area is 445 Å². The lowest BCUT2D eigenvalue weighted by atomic mass is 9.82. The van der Waals surface area contributed by atoms with Gasteiger partial charge in [-0.1, -0.05) is 49.4 Å². The minimum atomic E-state index is -2.02. The third-order valence-corrected chi connectivity index (χ3v) is 14.4. The SMILES string of the molecule is CC[C@@]1(O)C(=O)OCc2c1cc1n(c2=O)Cc2c-1nc1cc(F)c(C)c3c1c2[C@H](OCCOCNC(=O)CNC(=O)[C@H](Cc1ccccc1)NC(=O)CNC(=O)CNC(=O)CCCc1ccc(N2C(=O)C=CC2=O)cc1)CC3. The number of halogens is 1. The molecule has 0 bridgehead atoms. The van der Waals surface area contributed by atoms with Crippen LogP contribution in [0.2, 0.25) is 0 Å². The number of anilines is 1. The van der Waals surface area contributed by atoms with E-state index in [1.165, 1.54) is 22.8 Å². The maximum absolute atomic E-state index is 15.4. The molecule has 0 radical (unpaired) electrons. The van der Waals surface area contributed by atoms with E-state index in [1.54, 1.807) is 74.5 Å². The summed E-state index contributed by atoms with van der Waals surface area (Å²) in [7, 11) is 0. The van der Waals surface area contributed by atoms with Gasteiger partial charge < -0.3 is 50.5 Å². The number of amides is 7. The minimum absolute atomic E-state index is 0.0218. The molecule has 22 heteroatoms. The van der Waals surface area contributed by atoms with Crippen molar-refractivity contribution < 1.29 is 62.1 Å². The van der Waals surface area contributed by atoms with Crippen molar-refractivity contribution in [2.45, 2.75) is 89.7 Å². The number of hydrogen-bond donors (Lipinski definition) is 6. The van der Waals surface area contributed by atoms with E-state index in [4.69, 9.17) is 19.2 Å². The highest BCUT2D eigenvalue weighted by Gasteiger charge is 2.46. The number of imide groups is 1. The van der Waals surface area contributed by atoms with Crippen LogP contribution in [0.3, 0.4) is 0 Å². The number of nitrogens with zero attached hydrogens (tertiary/aromatic N) is 3. The fourth-order valence-electron chi connectivity index (χ4n) is 10.2. The zero-order valence-corrected chi connectivity index (χ0v) is 42.8. The molecule has 0 saturated carbocycles. The Kier molecular flexibility index (Phi) is 16.3. The molecule has 2 aromatic heterocycles. The molecule has 0 saturated heterocycles. The molecule has 1 aliphatic carbocycles. The van der Waals surface area contributed by atoms with Crippen LogP contribution in [0.4, 0.5) is 10.1 Å². The van der Waals surface area contributed by atoms with Crippen LogP contribution in [0.15, 0.2) is 83.7 Å².